The standard InChI is InChI=1S/C20H12F2S4/c1-9-13(21)7-15(25-9)17-11-3-5-24-20(11)18(12-4-6-23-19(12)17)16-8-14(22)10(2)26-16/h3-8H,1-2H3. The molecule has 5 rings (SSSR count). The highest BCUT2D eigenvalue weighted by molar-refractivity contribution is 7.22. The Bertz CT molecular complexity index is 1100. The summed E-state index contributed by atoms with van der Waals surface area (Å²) in [6.45, 7) is 3.62. The number of halogens is 2. The third-order valence-electron chi connectivity index (χ3n) is 4.53. The van der Waals surface area contributed by atoms with Crippen LogP contribution in [0, 0.1) is 25.5 Å². The summed E-state index contributed by atoms with van der Waals surface area (Å²) >= 11 is 6.31. The maximum atomic E-state index is 14.0. The predicted octanol–water partition coefficient (Wildman–Crippen LogP) is 8.47. The van der Waals surface area contributed by atoms with Crippen LogP contribution in [0.2, 0.25) is 0 Å². The lowest BCUT2D eigenvalue weighted by atomic mass is 10.0. The molecule has 4 heterocycles. The van der Waals surface area contributed by atoms with E-state index in [1.807, 2.05) is 13.8 Å². The van der Waals surface area contributed by atoms with Crippen LogP contribution < -0.4 is 0 Å². The normalized spacial score (nSPS) is 11.8. The summed E-state index contributed by atoms with van der Waals surface area (Å²) in [5, 5.41) is 6.37. The van der Waals surface area contributed by atoms with Crippen LogP contribution in [-0.2, 0) is 0 Å². The van der Waals surface area contributed by atoms with Crippen LogP contribution in [0.4, 0.5) is 8.78 Å². The molecule has 130 valence electrons. The summed E-state index contributed by atoms with van der Waals surface area (Å²) in [6, 6.07) is 7.48. The molecule has 0 N–H and O–H groups in total. The van der Waals surface area contributed by atoms with E-state index in [-0.39, 0.29) is 11.6 Å². The van der Waals surface area contributed by atoms with Gasteiger partial charge in [0.1, 0.15) is 11.6 Å². The highest BCUT2D eigenvalue weighted by Crippen LogP contribution is 2.50. The minimum Gasteiger partial charge on any atom is -0.206 e. The predicted molar refractivity (Wildman–Crippen MR) is 113 cm³/mol. The maximum absolute atomic E-state index is 14.0. The summed E-state index contributed by atoms with van der Waals surface area (Å²) in [4.78, 5) is 3.31. The molecule has 0 nitrogen and oxygen atoms in total. The Hall–Kier alpha value is -1.60. The molecule has 6 heteroatoms. The molecule has 0 saturated carbocycles. The first-order valence-corrected chi connectivity index (χ1v) is 11.4. The molecule has 0 fully saturated rings. The summed E-state index contributed by atoms with van der Waals surface area (Å²) in [7, 11) is 0. The van der Waals surface area contributed by atoms with Gasteiger partial charge in [-0.3, -0.25) is 0 Å². The van der Waals surface area contributed by atoms with Gasteiger partial charge in [-0.2, -0.15) is 0 Å². The number of thiophene rings is 4. The fourth-order valence-electron chi connectivity index (χ4n) is 3.30. The molecule has 0 bridgehead atoms. The summed E-state index contributed by atoms with van der Waals surface area (Å²) in [5.41, 5.74) is 2.20. The highest BCUT2D eigenvalue weighted by Gasteiger charge is 2.21. The molecule has 0 atom stereocenters. The molecule has 0 amide bonds. The lowest BCUT2D eigenvalue weighted by Crippen LogP contribution is -1.81. The van der Waals surface area contributed by atoms with Gasteiger partial charge < -0.3 is 0 Å². The van der Waals surface area contributed by atoms with Crippen molar-refractivity contribution < 1.29 is 8.78 Å². The minimum absolute atomic E-state index is 0.155. The Morgan fingerprint density at radius 2 is 1.12 bits per heavy atom. The SMILES string of the molecule is Cc1sc(-c2c3ccsc3c(-c3cc(F)c(C)s3)c3ccsc23)cc1F. The van der Waals surface area contributed by atoms with Gasteiger partial charge >= 0.3 is 0 Å². The average Bonchev–Trinajstić information content (AvgIpc) is 3.36. The first kappa shape index (κ1) is 16.6. The molecule has 0 saturated heterocycles. The van der Waals surface area contributed by atoms with E-state index in [1.165, 1.54) is 22.7 Å². The van der Waals surface area contributed by atoms with Gasteiger partial charge in [0.25, 0.3) is 0 Å². The van der Waals surface area contributed by atoms with E-state index in [1.54, 1.807) is 34.8 Å². The molecule has 0 spiro atoms. The fourth-order valence-corrected chi connectivity index (χ4v) is 7.30. The van der Waals surface area contributed by atoms with Crippen LogP contribution in [0.1, 0.15) is 9.75 Å². The Labute approximate surface area is 165 Å². The van der Waals surface area contributed by atoms with Crippen molar-refractivity contribution in [3.8, 4) is 20.9 Å². The molecule has 0 aliphatic rings. The van der Waals surface area contributed by atoms with Crippen LogP contribution in [0.5, 0.6) is 0 Å². The van der Waals surface area contributed by atoms with E-state index in [2.05, 4.69) is 22.9 Å². The number of hydrogen-bond donors (Lipinski definition) is 0. The molecule has 0 aliphatic carbocycles. The number of hydrogen-bond acceptors (Lipinski definition) is 4. The van der Waals surface area contributed by atoms with Crippen molar-refractivity contribution in [3.63, 3.8) is 0 Å². The highest BCUT2D eigenvalue weighted by atomic mass is 32.1. The van der Waals surface area contributed by atoms with Gasteiger partial charge in [0, 0.05) is 50.8 Å². The molecular weight excluding hydrogens is 406 g/mol. The lowest BCUT2D eigenvalue weighted by molar-refractivity contribution is 0.625. The van der Waals surface area contributed by atoms with Crippen molar-refractivity contribution in [2.45, 2.75) is 13.8 Å². The Balaban J connectivity index is 1.93. The topological polar surface area (TPSA) is 0 Å². The van der Waals surface area contributed by atoms with Gasteiger partial charge in [0.2, 0.25) is 0 Å². The summed E-state index contributed by atoms with van der Waals surface area (Å²) < 4.78 is 30.4. The largest absolute Gasteiger partial charge is 0.206 e. The van der Waals surface area contributed by atoms with E-state index in [0.717, 1.165) is 41.1 Å². The third-order valence-corrected chi connectivity index (χ3v) is 8.48. The van der Waals surface area contributed by atoms with Crippen LogP contribution in [0.15, 0.2) is 35.0 Å². The van der Waals surface area contributed by atoms with Crippen molar-refractivity contribution in [2.75, 3.05) is 0 Å². The van der Waals surface area contributed by atoms with E-state index in [9.17, 15) is 8.78 Å². The van der Waals surface area contributed by atoms with E-state index >= 15 is 0 Å². The first-order chi connectivity index (χ1) is 12.5. The Kier molecular flexibility index (Phi) is 3.79. The van der Waals surface area contributed by atoms with Gasteiger partial charge in [-0.25, -0.2) is 8.78 Å². The molecular formula is C20H12F2S4. The van der Waals surface area contributed by atoms with Crippen molar-refractivity contribution in [3.05, 3.63) is 56.4 Å². The number of aryl methyl sites for hydroxylation is 2. The van der Waals surface area contributed by atoms with E-state index in [4.69, 9.17) is 0 Å². The zero-order valence-corrected chi connectivity index (χ0v) is 17.1. The zero-order valence-electron chi connectivity index (χ0n) is 13.9. The second kappa shape index (κ2) is 5.96. The molecule has 1 aromatic carbocycles. The Morgan fingerprint density at radius 1 is 0.692 bits per heavy atom. The van der Waals surface area contributed by atoms with Gasteiger partial charge in [-0.05, 0) is 48.9 Å². The van der Waals surface area contributed by atoms with Crippen molar-refractivity contribution >= 4 is 65.5 Å². The molecule has 26 heavy (non-hydrogen) atoms. The fraction of sp³-hybridized carbons (Fsp3) is 0.100. The second-order valence-electron chi connectivity index (χ2n) is 6.11. The number of benzene rings is 1. The zero-order chi connectivity index (χ0) is 18.0. The van der Waals surface area contributed by atoms with Gasteiger partial charge in [-0.1, -0.05) is 0 Å². The summed E-state index contributed by atoms with van der Waals surface area (Å²) in [5.74, 6) is -0.309. The van der Waals surface area contributed by atoms with Crippen molar-refractivity contribution in [1.29, 1.82) is 0 Å². The third kappa shape index (κ3) is 2.33. The van der Waals surface area contributed by atoms with Gasteiger partial charge in [0.15, 0.2) is 0 Å². The van der Waals surface area contributed by atoms with Crippen LogP contribution in [0.25, 0.3) is 41.1 Å². The molecule has 0 radical (unpaired) electrons. The molecule has 4 aromatic heterocycles. The van der Waals surface area contributed by atoms with E-state index < -0.39 is 0 Å². The number of rotatable bonds is 2. The van der Waals surface area contributed by atoms with Crippen LogP contribution in [-0.4, -0.2) is 0 Å². The summed E-state index contributed by atoms with van der Waals surface area (Å²) in [6.07, 6.45) is 0. The quantitative estimate of drug-likeness (QED) is 0.270. The molecule has 5 aromatic rings. The number of fused-ring (bicyclic) bond motifs is 2. The smallest absolute Gasteiger partial charge is 0.137 e. The second-order valence-corrected chi connectivity index (χ2v) is 10.5. The Morgan fingerprint density at radius 3 is 1.46 bits per heavy atom. The average molecular weight is 419 g/mol. The van der Waals surface area contributed by atoms with Gasteiger partial charge in [-0.15, -0.1) is 45.3 Å². The lowest BCUT2D eigenvalue weighted by Gasteiger charge is -2.09. The monoisotopic (exact) mass is 418 g/mol. The first-order valence-electron chi connectivity index (χ1n) is 7.97. The van der Waals surface area contributed by atoms with E-state index in [0.29, 0.717) is 9.75 Å². The maximum Gasteiger partial charge on any atom is 0.137 e. The minimum atomic E-state index is -0.155. The molecule has 0 unspecified atom stereocenters. The van der Waals surface area contributed by atoms with Crippen LogP contribution >= 0.6 is 45.3 Å². The van der Waals surface area contributed by atoms with Crippen molar-refractivity contribution in [1.82, 2.24) is 0 Å². The van der Waals surface area contributed by atoms with Crippen LogP contribution in [0.3, 0.4) is 0 Å². The van der Waals surface area contributed by atoms with Crippen molar-refractivity contribution in [2.24, 2.45) is 0 Å². The molecule has 0 aliphatic heterocycles. The van der Waals surface area contributed by atoms with Gasteiger partial charge in [0.05, 0.1) is 0 Å².